The van der Waals surface area contributed by atoms with Gasteiger partial charge in [0, 0.05) is 34.9 Å². The maximum absolute atomic E-state index is 5.95. The molecule has 0 amide bonds. The van der Waals surface area contributed by atoms with Crippen LogP contribution in [0.15, 0.2) is 35.7 Å². The summed E-state index contributed by atoms with van der Waals surface area (Å²) in [5.41, 5.74) is 7.80. The largest absolute Gasteiger partial charge is 0.494 e. The Labute approximate surface area is 118 Å². The number of hydrogen-bond donors (Lipinski definition) is 1. The van der Waals surface area contributed by atoms with Crippen LogP contribution in [0.5, 0.6) is 5.75 Å². The Morgan fingerprint density at radius 3 is 2.74 bits per heavy atom. The van der Waals surface area contributed by atoms with Crippen LogP contribution in [0, 0.1) is 0 Å². The third-order valence-electron chi connectivity index (χ3n) is 2.90. The summed E-state index contributed by atoms with van der Waals surface area (Å²) in [5, 5.41) is 2.11. The van der Waals surface area contributed by atoms with Gasteiger partial charge in [0.15, 0.2) is 0 Å². The monoisotopic (exact) mass is 276 g/mol. The van der Waals surface area contributed by atoms with E-state index < -0.39 is 0 Å². The Morgan fingerprint density at radius 1 is 1.26 bits per heavy atom. The molecule has 0 atom stereocenters. The van der Waals surface area contributed by atoms with Crippen LogP contribution in [-0.2, 0) is 6.54 Å². The molecule has 19 heavy (non-hydrogen) atoms. The maximum Gasteiger partial charge on any atom is 0.123 e. The smallest absolute Gasteiger partial charge is 0.123 e. The molecule has 0 bridgehead atoms. The quantitative estimate of drug-likeness (QED) is 0.817. The molecule has 0 unspecified atom stereocenters. The molecule has 0 spiro atoms. The molecule has 102 valence electrons. The second kappa shape index (κ2) is 6.48. The third-order valence-corrected chi connectivity index (χ3v) is 3.76. The molecule has 0 saturated carbocycles. The van der Waals surface area contributed by atoms with Crippen molar-refractivity contribution in [3.63, 3.8) is 0 Å². The molecule has 1 aromatic heterocycles. The van der Waals surface area contributed by atoms with Gasteiger partial charge in [-0.25, -0.2) is 0 Å². The fraction of sp³-hybridized carbons (Fsp3) is 0.333. The number of nitrogens with two attached hydrogens (primary N) is 1. The van der Waals surface area contributed by atoms with E-state index in [0.717, 1.165) is 30.2 Å². The molecule has 2 rings (SSSR count). The van der Waals surface area contributed by atoms with Crippen molar-refractivity contribution in [1.29, 1.82) is 0 Å². The molecule has 0 aliphatic heterocycles. The summed E-state index contributed by atoms with van der Waals surface area (Å²) in [5.74, 6) is 0.835. The Hall–Kier alpha value is -1.68. The van der Waals surface area contributed by atoms with Gasteiger partial charge in [0.25, 0.3) is 0 Å². The minimum Gasteiger partial charge on any atom is -0.494 e. The van der Waals surface area contributed by atoms with Gasteiger partial charge >= 0.3 is 0 Å². The van der Waals surface area contributed by atoms with Gasteiger partial charge in [0.05, 0.1) is 13.2 Å². The first-order chi connectivity index (χ1) is 9.22. The number of hydrogen-bond acceptors (Lipinski definition) is 4. The van der Waals surface area contributed by atoms with Gasteiger partial charge in [-0.3, -0.25) is 0 Å². The van der Waals surface area contributed by atoms with E-state index >= 15 is 0 Å². The molecule has 1 heterocycles. The van der Waals surface area contributed by atoms with E-state index in [-0.39, 0.29) is 0 Å². The van der Waals surface area contributed by atoms with E-state index in [0.29, 0.717) is 6.61 Å². The minimum atomic E-state index is 0.653. The molecule has 3 nitrogen and oxygen atoms in total. The molecule has 2 aromatic rings. The van der Waals surface area contributed by atoms with E-state index in [2.05, 4.69) is 35.4 Å². The number of anilines is 2. The van der Waals surface area contributed by atoms with Crippen LogP contribution in [0.3, 0.4) is 0 Å². The van der Waals surface area contributed by atoms with E-state index in [1.165, 1.54) is 4.88 Å². The van der Waals surface area contributed by atoms with Crippen molar-refractivity contribution in [3.8, 4) is 5.75 Å². The molecular weight excluding hydrogens is 256 g/mol. The van der Waals surface area contributed by atoms with Gasteiger partial charge in [-0.1, -0.05) is 6.07 Å². The predicted molar refractivity (Wildman–Crippen MR) is 83.1 cm³/mol. The number of ether oxygens (including phenoxy) is 1. The predicted octanol–water partition coefficient (Wildman–Crippen LogP) is 3.76. The van der Waals surface area contributed by atoms with Gasteiger partial charge in [0.1, 0.15) is 5.75 Å². The number of nitrogens with zero attached hydrogens (tertiary/aromatic N) is 1. The Bertz CT molecular complexity index is 511. The lowest BCUT2D eigenvalue weighted by molar-refractivity contribution is 0.340. The zero-order valence-electron chi connectivity index (χ0n) is 11.4. The molecule has 0 aliphatic carbocycles. The lowest BCUT2D eigenvalue weighted by atomic mass is 10.2. The lowest BCUT2D eigenvalue weighted by Crippen LogP contribution is -2.21. The molecule has 1 aromatic carbocycles. The number of benzene rings is 1. The van der Waals surface area contributed by atoms with Gasteiger partial charge in [-0.2, -0.15) is 0 Å². The average Bonchev–Trinajstić information content (AvgIpc) is 2.88. The van der Waals surface area contributed by atoms with Crippen LogP contribution in [0.1, 0.15) is 18.7 Å². The number of thiophene rings is 1. The third kappa shape index (κ3) is 3.64. The molecule has 0 fully saturated rings. The van der Waals surface area contributed by atoms with Crippen LogP contribution >= 0.6 is 11.3 Å². The highest BCUT2D eigenvalue weighted by Crippen LogP contribution is 2.27. The van der Waals surface area contributed by atoms with E-state index in [1.807, 2.05) is 19.1 Å². The van der Waals surface area contributed by atoms with Crippen molar-refractivity contribution < 1.29 is 4.74 Å². The second-order valence-corrected chi connectivity index (χ2v) is 5.32. The molecule has 0 radical (unpaired) electrons. The summed E-state index contributed by atoms with van der Waals surface area (Å²) in [6.07, 6.45) is 0. The zero-order chi connectivity index (χ0) is 13.7. The molecule has 0 aliphatic rings. The maximum atomic E-state index is 5.95. The summed E-state index contributed by atoms with van der Waals surface area (Å²) < 4.78 is 5.55. The first-order valence-electron chi connectivity index (χ1n) is 6.53. The van der Waals surface area contributed by atoms with Crippen molar-refractivity contribution in [1.82, 2.24) is 0 Å². The zero-order valence-corrected chi connectivity index (χ0v) is 12.2. The summed E-state index contributed by atoms with van der Waals surface area (Å²) >= 11 is 1.78. The lowest BCUT2D eigenvalue weighted by Gasteiger charge is -2.23. The highest BCUT2D eigenvalue weighted by molar-refractivity contribution is 7.09. The van der Waals surface area contributed by atoms with Gasteiger partial charge in [-0.15, -0.1) is 11.3 Å². The summed E-state index contributed by atoms with van der Waals surface area (Å²) in [4.78, 5) is 3.65. The summed E-state index contributed by atoms with van der Waals surface area (Å²) in [6, 6.07) is 10.2. The SMILES string of the molecule is CCOc1cc(N)cc(N(CC)Cc2cccs2)c1. The van der Waals surface area contributed by atoms with Crippen molar-refractivity contribution >= 4 is 22.7 Å². The summed E-state index contributed by atoms with van der Waals surface area (Å²) in [7, 11) is 0. The van der Waals surface area contributed by atoms with Gasteiger partial charge < -0.3 is 15.4 Å². The summed E-state index contributed by atoms with van der Waals surface area (Å²) in [6.45, 7) is 6.62. The van der Waals surface area contributed by atoms with Crippen LogP contribution < -0.4 is 15.4 Å². The molecule has 0 saturated heterocycles. The topological polar surface area (TPSA) is 38.5 Å². The van der Waals surface area contributed by atoms with E-state index in [1.54, 1.807) is 11.3 Å². The van der Waals surface area contributed by atoms with E-state index in [9.17, 15) is 0 Å². The Morgan fingerprint density at radius 2 is 2.11 bits per heavy atom. The van der Waals surface area contributed by atoms with Crippen molar-refractivity contribution in [2.45, 2.75) is 20.4 Å². The Kier molecular flexibility index (Phi) is 4.68. The van der Waals surface area contributed by atoms with Crippen molar-refractivity contribution in [2.75, 3.05) is 23.8 Å². The average molecular weight is 276 g/mol. The number of rotatable bonds is 6. The molecule has 4 heteroatoms. The standard InChI is InChI=1S/C15H20N2OS/c1-3-17(11-15-6-5-7-19-15)13-8-12(16)9-14(10-13)18-4-2/h5-10H,3-4,11,16H2,1-2H3. The molecular formula is C15H20N2OS. The highest BCUT2D eigenvalue weighted by Gasteiger charge is 2.08. The van der Waals surface area contributed by atoms with Crippen LogP contribution in [0.25, 0.3) is 0 Å². The first-order valence-corrected chi connectivity index (χ1v) is 7.41. The van der Waals surface area contributed by atoms with Crippen LogP contribution in [0.2, 0.25) is 0 Å². The van der Waals surface area contributed by atoms with Crippen LogP contribution in [0.4, 0.5) is 11.4 Å². The van der Waals surface area contributed by atoms with Crippen molar-refractivity contribution in [2.24, 2.45) is 0 Å². The second-order valence-electron chi connectivity index (χ2n) is 4.29. The highest BCUT2D eigenvalue weighted by atomic mass is 32.1. The number of nitrogen functional groups attached to an aromatic ring is 1. The van der Waals surface area contributed by atoms with Gasteiger partial charge in [0.2, 0.25) is 0 Å². The minimum absolute atomic E-state index is 0.653. The fourth-order valence-corrected chi connectivity index (χ4v) is 2.73. The van der Waals surface area contributed by atoms with Gasteiger partial charge in [-0.05, 0) is 31.4 Å². The fourth-order valence-electron chi connectivity index (χ4n) is 2.01. The van der Waals surface area contributed by atoms with Crippen molar-refractivity contribution in [3.05, 3.63) is 40.6 Å². The normalized spacial score (nSPS) is 10.4. The Balaban J connectivity index is 2.21. The molecule has 2 N–H and O–H groups in total. The van der Waals surface area contributed by atoms with E-state index in [4.69, 9.17) is 10.5 Å². The van der Waals surface area contributed by atoms with Crippen LogP contribution in [-0.4, -0.2) is 13.2 Å². The first kappa shape index (κ1) is 13.7.